The Labute approximate surface area is 128 Å². The van der Waals surface area contributed by atoms with Gasteiger partial charge in [0.15, 0.2) is 0 Å². The van der Waals surface area contributed by atoms with Crippen molar-refractivity contribution in [2.75, 3.05) is 5.32 Å². The minimum Gasteiger partial charge on any atom is -0.325 e. The Morgan fingerprint density at radius 2 is 1.85 bits per heavy atom. The summed E-state index contributed by atoms with van der Waals surface area (Å²) in [5.74, 6) is 3.67. The van der Waals surface area contributed by atoms with Gasteiger partial charge in [-0.05, 0) is 89.9 Å². The van der Waals surface area contributed by atoms with E-state index in [0.29, 0.717) is 17.8 Å². The number of carbonyl (C=O) groups excluding carboxylic acids is 1. The molecule has 1 aromatic rings. The third kappa shape index (κ3) is 1.78. The molecule has 3 aliphatic carbocycles. The van der Waals surface area contributed by atoms with E-state index in [0.717, 1.165) is 27.6 Å². The minimum atomic E-state index is 0.254. The lowest BCUT2D eigenvalue weighted by Crippen LogP contribution is -2.19. The maximum atomic E-state index is 12.6. The van der Waals surface area contributed by atoms with Crippen molar-refractivity contribution < 1.29 is 4.79 Å². The lowest BCUT2D eigenvalue weighted by Gasteiger charge is -2.13. The summed E-state index contributed by atoms with van der Waals surface area (Å²) in [5.41, 5.74) is 3.31. The van der Waals surface area contributed by atoms with E-state index in [1.807, 2.05) is 0 Å². The van der Waals surface area contributed by atoms with Crippen LogP contribution in [0.1, 0.15) is 30.4 Å². The lowest BCUT2D eigenvalue weighted by atomic mass is 10.0. The number of aryl methyl sites for hydroxylation is 2. The second-order valence-corrected chi connectivity index (χ2v) is 7.80. The van der Waals surface area contributed by atoms with Crippen molar-refractivity contribution in [1.82, 2.24) is 0 Å². The van der Waals surface area contributed by atoms with Crippen molar-refractivity contribution in [3.63, 3.8) is 0 Å². The molecular weight excluding hydrogens is 314 g/mol. The fourth-order valence-electron chi connectivity index (χ4n) is 4.96. The highest BCUT2D eigenvalue weighted by atomic mass is 79.9. The summed E-state index contributed by atoms with van der Waals surface area (Å²) < 4.78 is 0.997. The largest absolute Gasteiger partial charge is 0.325 e. The zero-order chi connectivity index (χ0) is 14.0. The van der Waals surface area contributed by atoms with E-state index in [9.17, 15) is 4.79 Å². The maximum Gasteiger partial charge on any atom is 0.228 e. The normalized spacial score (nSPS) is 36.9. The second kappa shape index (κ2) is 4.33. The van der Waals surface area contributed by atoms with Crippen LogP contribution >= 0.6 is 15.9 Å². The van der Waals surface area contributed by atoms with E-state index in [-0.39, 0.29) is 5.91 Å². The quantitative estimate of drug-likeness (QED) is 0.859. The first-order valence-corrected chi connectivity index (χ1v) is 8.43. The van der Waals surface area contributed by atoms with Crippen molar-refractivity contribution >= 4 is 27.5 Å². The molecule has 3 saturated carbocycles. The zero-order valence-corrected chi connectivity index (χ0v) is 13.5. The van der Waals surface area contributed by atoms with E-state index in [1.54, 1.807) is 0 Å². The van der Waals surface area contributed by atoms with Crippen LogP contribution in [0.25, 0.3) is 0 Å². The zero-order valence-electron chi connectivity index (χ0n) is 11.9. The predicted octanol–water partition coefficient (Wildman–Crippen LogP) is 4.30. The molecule has 4 unspecified atom stereocenters. The van der Waals surface area contributed by atoms with Gasteiger partial charge in [0, 0.05) is 10.4 Å². The van der Waals surface area contributed by atoms with Crippen LogP contribution in [-0.2, 0) is 4.79 Å². The Bertz CT molecular complexity index is 558. The van der Waals surface area contributed by atoms with Gasteiger partial charge in [-0.15, -0.1) is 0 Å². The van der Waals surface area contributed by atoms with E-state index in [4.69, 9.17) is 0 Å². The predicted molar refractivity (Wildman–Crippen MR) is 83.5 cm³/mol. The lowest BCUT2D eigenvalue weighted by molar-refractivity contribution is -0.118. The maximum absolute atomic E-state index is 12.6. The molecule has 3 heteroatoms. The monoisotopic (exact) mass is 333 g/mol. The van der Waals surface area contributed by atoms with Crippen molar-refractivity contribution in [1.29, 1.82) is 0 Å². The number of halogens is 1. The Balaban J connectivity index is 1.52. The molecular formula is C17H20BrNO. The summed E-state index contributed by atoms with van der Waals surface area (Å²) in [6.07, 6.45) is 4.12. The average Bonchev–Trinajstić information content (AvgIpc) is 2.82. The summed E-state index contributed by atoms with van der Waals surface area (Å²) in [5, 5.41) is 3.18. The highest BCUT2D eigenvalue weighted by Gasteiger charge is 2.67. The molecule has 2 nitrogen and oxygen atoms in total. The molecule has 106 valence electrons. The molecule has 4 atom stereocenters. The van der Waals surface area contributed by atoms with Crippen LogP contribution in [0.3, 0.4) is 0 Å². The Hall–Kier alpha value is -0.830. The second-order valence-electron chi connectivity index (χ2n) is 6.94. The smallest absolute Gasteiger partial charge is 0.228 e. The van der Waals surface area contributed by atoms with Gasteiger partial charge in [-0.25, -0.2) is 0 Å². The first-order valence-electron chi connectivity index (χ1n) is 7.64. The molecule has 20 heavy (non-hydrogen) atoms. The van der Waals surface area contributed by atoms with Gasteiger partial charge in [-0.1, -0.05) is 6.07 Å². The standard InChI is InChI=1S/C17H20BrNO/c1-8-5-9(2)16(12(18)6-8)19-17(20)15-13-10-3-4-11(7-10)14(13)15/h5-6,10-11,13-15H,3-4,7H2,1-2H3,(H,19,20). The molecule has 0 radical (unpaired) electrons. The van der Waals surface area contributed by atoms with Gasteiger partial charge in [0.2, 0.25) is 5.91 Å². The number of nitrogens with one attached hydrogen (secondary N) is 1. The van der Waals surface area contributed by atoms with E-state index in [2.05, 4.69) is 47.2 Å². The van der Waals surface area contributed by atoms with Crippen molar-refractivity contribution in [3.05, 3.63) is 27.7 Å². The SMILES string of the molecule is Cc1cc(C)c(NC(=O)C2C3C4CCC(C4)C23)c(Br)c1. The number of fused-ring (bicyclic) bond motifs is 5. The van der Waals surface area contributed by atoms with Gasteiger partial charge >= 0.3 is 0 Å². The third-order valence-corrected chi connectivity index (χ3v) is 6.34. The van der Waals surface area contributed by atoms with Crippen molar-refractivity contribution in [2.24, 2.45) is 29.6 Å². The van der Waals surface area contributed by atoms with E-state index in [1.165, 1.54) is 24.8 Å². The first kappa shape index (κ1) is 12.9. The molecule has 2 bridgehead atoms. The molecule has 0 aliphatic heterocycles. The Morgan fingerprint density at radius 3 is 2.45 bits per heavy atom. The summed E-state index contributed by atoms with van der Waals surface area (Å²) in [6, 6.07) is 4.19. The third-order valence-electron chi connectivity index (χ3n) is 5.72. The number of rotatable bonds is 2. The Kier molecular flexibility index (Phi) is 2.79. The molecule has 1 amide bonds. The summed E-state index contributed by atoms with van der Waals surface area (Å²) in [6.45, 7) is 4.14. The molecule has 0 saturated heterocycles. The summed E-state index contributed by atoms with van der Waals surface area (Å²) in [7, 11) is 0. The van der Waals surface area contributed by atoms with Crippen molar-refractivity contribution in [3.8, 4) is 0 Å². The van der Waals surface area contributed by atoms with Crippen LogP contribution in [0.4, 0.5) is 5.69 Å². The molecule has 0 heterocycles. The van der Waals surface area contributed by atoms with Crippen LogP contribution < -0.4 is 5.32 Å². The molecule has 3 fully saturated rings. The van der Waals surface area contributed by atoms with E-state index >= 15 is 0 Å². The van der Waals surface area contributed by atoms with Crippen LogP contribution in [-0.4, -0.2) is 5.91 Å². The van der Waals surface area contributed by atoms with Crippen LogP contribution in [0.15, 0.2) is 16.6 Å². The number of hydrogen-bond donors (Lipinski definition) is 1. The number of carbonyl (C=O) groups is 1. The molecule has 4 rings (SSSR count). The molecule has 0 aromatic heterocycles. The van der Waals surface area contributed by atoms with Gasteiger partial charge in [0.1, 0.15) is 0 Å². The Morgan fingerprint density at radius 1 is 1.20 bits per heavy atom. The van der Waals surface area contributed by atoms with Crippen LogP contribution in [0, 0.1) is 43.4 Å². The van der Waals surface area contributed by atoms with E-state index < -0.39 is 0 Å². The van der Waals surface area contributed by atoms with Gasteiger partial charge in [-0.3, -0.25) is 4.79 Å². The first-order chi connectivity index (χ1) is 9.56. The fourth-order valence-corrected chi connectivity index (χ4v) is 5.73. The number of benzene rings is 1. The number of hydrogen-bond acceptors (Lipinski definition) is 1. The van der Waals surface area contributed by atoms with Crippen LogP contribution in [0.5, 0.6) is 0 Å². The molecule has 1 aromatic carbocycles. The van der Waals surface area contributed by atoms with Gasteiger partial charge in [-0.2, -0.15) is 0 Å². The van der Waals surface area contributed by atoms with Gasteiger partial charge in [0.25, 0.3) is 0 Å². The number of anilines is 1. The highest BCUT2D eigenvalue weighted by molar-refractivity contribution is 9.10. The number of amides is 1. The van der Waals surface area contributed by atoms with Crippen molar-refractivity contribution in [2.45, 2.75) is 33.1 Å². The molecule has 1 N–H and O–H groups in total. The van der Waals surface area contributed by atoms with Crippen LogP contribution in [0.2, 0.25) is 0 Å². The minimum absolute atomic E-state index is 0.254. The topological polar surface area (TPSA) is 29.1 Å². The highest BCUT2D eigenvalue weighted by Crippen LogP contribution is 2.69. The average molecular weight is 334 g/mol. The molecule has 3 aliphatic rings. The summed E-state index contributed by atoms with van der Waals surface area (Å²) >= 11 is 3.58. The van der Waals surface area contributed by atoms with Gasteiger partial charge < -0.3 is 5.32 Å². The fraction of sp³-hybridized carbons (Fsp3) is 0.588. The molecule has 0 spiro atoms. The van der Waals surface area contributed by atoms with Gasteiger partial charge in [0.05, 0.1) is 5.69 Å². The summed E-state index contributed by atoms with van der Waals surface area (Å²) in [4.78, 5) is 12.6.